The minimum atomic E-state index is 0. The molecule has 2 aliphatic heterocycles. The third-order valence-corrected chi connectivity index (χ3v) is 6.45. The van der Waals surface area contributed by atoms with Crippen LogP contribution in [0.25, 0.3) is 0 Å². The first kappa shape index (κ1) is 26.0. The molecule has 1 aromatic heterocycles. The molecule has 0 saturated carbocycles. The first-order valence-electron chi connectivity index (χ1n) is 11.9. The fraction of sp³-hybridized carbons (Fsp3) is 0.560. The lowest BCUT2D eigenvalue weighted by atomic mass is 10.1. The minimum absolute atomic E-state index is 0. The normalized spacial score (nSPS) is 19.0. The van der Waals surface area contributed by atoms with Gasteiger partial charge >= 0.3 is 0 Å². The highest BCUT2D eigenvalue weighted by molar-refractivity contribution is 14.0. The molecule has 2 fully saturated rings. The van der Waals surface area contributed by atoms with Crippen molar-refractivity contribution >= 4 is 29.9 Å². The van der Waals surface area contributed by atoms with Gasteiger partial charge in [0.2, 0.25) is 0 Å². The van der Waals surface area contributed by atoms with Gasteiger partial charge in [0.25, 0.3) is 0 Å². The highest BCUT2D eigenvalue weighted by Gasteiger charge is 2.24. The highest BCUT2D eigenvalue weighted by atomic mass is 127. The van der Waals surface area contributed by atoms with E-state index in [2.05, 4.69) is 55.8 Å². The molecule has 2 aliphatic rings. The summed E-state index contributed by atoms with van der Waals surface area (Å²) < 4.78 is 11.3. The van der Waals surface area contributed by atoms with Crippen molar-refractivity contribution in [2.75, 3.05) is 53.0 Å². The monoisotopic (exact) mass is 567 g/mol. The molecule has 8 heteroatoms. The number of hydrogen-bond acceptors (Lipinski definition) is 5. The number of nitrogens with one attached hydrogen (secondary N) is 2. The summed E-state index contributed by atoms with van der Waals surface area (Å²) in [4.78, 5) is 9.45. The van der Waals surface area contributed by atoms with Crippen LogP contribution in [-0.4, -0.2) is 68.7 Å². The fourth-order valence-electron chi connectivity index (χ4n) is 4.60. The number of guanidine groups is 1. The van der Waals surface area contributed by atoms with Gasteiger partial charge in [0.05, 0.1) is 25.5 Å². The number of nitrogens with zero attached hydrogens (tertiary/aromatic N) is 3. The lowest BCUT2D eigenvalue weighted by Crippen LogP contribution is -2.44. The molecule has 7 nitrogen and oxygen atoms in total. The van der Waals surface area contributed by atoms with E-state index in [9.17, 15) is 0 Å². The van der Waals surface area contributed by atoms with Gasteiger partial charge in [-0.1, -0.05) is 30.7 Å². The average molecular weight is 568 g/mol. The van der Waals surface area contributed by atoms with E-state index in [1.807, 2.05) is 13.1 Å². The van der Waals surface area contributed by atoms with Crippen molar-refractivity contribution in [2.24, 2.45) is 4.99 Å². The summed E-state index contributed by atoms with van der Waals surface area (Å²) in [5.41, 5.74) is 2.67. The molecule has 1 atom stereocenters. The van der Waals surface area contributed by atoms with E-state index in [0.717, 1.165) is 70.7 Å². The molecular formula is C25H38IN5O2. The summed E-state index contributed by atoms with van der Waals surface area (Å²) in [5, 5.41) is 7.05. The molecular weight excluding hydrogens is 529 g/mol. The van der Waals surface area contributed by atoms with Crippen LogP contribution in [0.1, 0.15) is 42.2 Å². The number of likely N-dealkylation sites (tertiary alicyclic amines) is 1. The van der Waals surface area contributed by atoms with E-state index >= 15 is 0 Å². The summed E-state index contributed by atoms with van der Waals surface area (Å²) in [7, 11) is 1.83. The summed E-state index contributed by atoms with van der Waals surface area (Å²) in [6, 6.07) is 12.9. The van der Waals surface area contributed by atoms with Gasteiger partial charge in [-0.3, -0.25) is 14.8 Å². The zero-order valence-electron chi connectivity index (χ0n) is 19.7. The number of hydrogen-bond donors (Lipinski definition) is 2. The van der Waals surface area contributed by atoms with Gasteiger partial charge in [-0.05, 0) is 49.2 Å². The molecule has 0 spiro atoms. The van der Waals surface area contributed by atoms with Crippen LogP contribution in [0.5, 0.6) is 0 Å². The quantitative estimate of drug-likeness (QED) is 0.289. The maximum absolute atomic E-state index is 5.78. The predicted molar refractivity (Wildman–Crippen MR) is 143 cm³/mol. The Morgan fingerprint density at radius 3 is 2.42 bits per heavy atom. The molecule has 33 heavy (non-hydrogen) atoms. The number of morpholine rings is 1. The lowest BCUT2D eigenvalue weighted by Gasteiger charge is -2.33. The van der Waals surface area contributed by atoms with Crippen molar-refractivity contribution in [1.82, 2.24) is 20.4 Å². The standard InChI is InChI=1S/C25H37N5O2.HI/c1-26-25(28-19-23(24-10-7-15-32-24)30-11-5-2-6-12-30)27-18-21-8-3-4-9-22(21)20-29-13-16-31-17-14-29;/h3-4,7-10,15,23H,2,5-6,11-14,16-20H2,1H3,(H2,26,27,28);1H. The first-order chi connectivity index (χ1) is 15.8. The van der Waals surface area contributed by atoms with Crippen molar-refractivity contribution < 1.29 is 9.15 Å². The molecule has 0 amide bonds. The van der Waals surface area contributed by atoms with Crippen LogP contribution in [0.4, 0.5) is 0 Å². The maximum Gasteiger partial charge on any atom is 0.191 e. The minimum Gasteiger partial charge on any atom is -0.468 e. The van der Waals surface area contributed by atoms with Crippen molar-refractivity contribution in [1.29, 1.82) is 0 Å². The molecule has 0 bridgehead atoms. The Kier molecular flexibility index (Phi) is 11.0. The van der Waals surface area contributed by atoms with Gasteiger partial charge in [-0.25, -0.2) is 0 Å². The van der Waals surface area contributed by atoms with Gasteiger partial charge in [0, 0.05) is 39.8 Å². The van der Waals surface area contributed by atoms with E-state index in [0.29, 0.717) is 0 Å². The number of benzene rings is 1. The van der Waals surface area contributed by atoms with E-state index < -0.39 is 0 Å². The summed E-state index contributed by atoms with van der Waals surface area (Å²) in [6.07, 6.45) is 5.60. The van der Waals surface area contributed by atoms with Gasteiger partial charge in [-0.2, -0.15) is 0 Å². The number of halogens is 1. The van der Waals surface area contributed by atoms with E-state index in [1.165, 1.54) is 30.4 Å². The van der Waals surface area contributed by atoms with E-state index in [4.69, 9.17) is 9.15 Å². The summed E-state index contributed by atoms with van der Waals surface area (Å²) in [5.74, 6) is 1.84. The van der Waals surface area contributed by atoms with Crippen molar-refractivity contribution in [3.63, 3.8) is 0 Å². The van der Waals surface area contributed by atoms with Gasteiger partial charge < -0.3 is 19.8 Å². The van der Waals surface area contributed by atoms with Crippen LogP contribution in [0, 0.1) is 0 Å². The third kappa shape index (κ3) is 7.70. The lowest BCUT2D eigenvalue weighted by molar-refractivity contribution is 0.0341. The largest absolute Gasteiger partial charge is 0.468 e. The number of furan rings is 1. The van der Waals surface area contributed by atoms with E-state index in [1.54, 1.807) is 6.26 Å². The van der Waals surface area contributed by atoms with Crippen LogP contribution in [0.15, 0.2) is 52.1 Å². The Labute approximate surface area is 215 Å². The van der Waals surface area contributed by atoms with Crippen LogP contribution in [-0.2, 0) is 17.8 Å². The smallest absolute Gasteiger partial charge is 0.191 e. The van der Waals surface area contributed by atoms with E-state index in [-0.39, 0.29) is 30.0 Å². The zero-order valence-corrected chi connectivity index (χ0v) is 22.0. The Morgan fingerprint density at radius 1 is 0.970 bits per heavy atom. The third-order valence-electron chi connectivity index (χ3n) is 6.45. The second-order valence-corrected chi connectivity index (χ2v) is 8.59. The Morgan fingerprint density at radius 2 is 1.73 bits per heavy atom. The molecule has 2 saturated heterocycles. The number of piperidine rings is 1. The molecule has 0 aliphatic carbocycles. The SMILES string of the molecule is CN=C(NCc1ccccc1CN1CCOCC1)NCC(c1ccco1)N1CCCCC1.I. The molecule has 3 heterocycles. The van der Waals surface area contributed by atoms with Crippen molar-refractivity contribution in [3.8, 4) is 0 Å². The number of aliphatic imine (C=N–C) groups is 1. The maximum atomic E-state index is 5.78. The molecule has 182 valence electrons. The summed E-state index contributed by atoms with van der Waals surface area (Å²) in [6.45, 7) is 8.35. The molecule has 2 aromatic rings. The Balaban J connectivity index is 0.00000306. The Hall–Kier alpha value is -1.62. The Bertz CT molecular complexity index is 833. The van der Waals surface area contributed by atoms with Gasteiger partial charge in [0.1, 0.15) is 5.76 Å². The van der Waals surface area contributed by atoms with Gasteiger partial charge in [0.15, 0.2) is 5.96 Å². The molecule has 0 radical (unpaired) electrons. The van der Waals surface area contributed by atoms with Crippen molar-refractivity contribution in [3.05, 3.63) is 59.5 Å². The second-order valence-electron chi connectivity index (χ2n) is 8.59. The average Bonchev–Trinajstić information content (AvgIpc) is 3.38. The second kappa shape index (κ2) is 13.9. The fourth-order valence-corrected chi connectivity index (χ4v) is 4.60. The van der Waals surface area contributed by atoms with Crippen LogP contribution >= 0.6 is 24.0 Å². The zero-order chi connectivity index (χ0) is 22.0. The first-order valence-corrected chi connectivity index (χ1v) is 11.9. The topological polar surface area (TPSA) is 65.3 Å². The van der Waals surface area contributed by atoms with Crippen LogP contribution in [0.2, 0.25) is 0 Å². The van der Waals surface area contributed by atoms with Crippen LogP contribution < -0.4 is 10.6 Å². The van der Waals surface area contributed by atoms with Gasteiger partial charge in [-0.15, -0.1) is 24.0 Å². The number of rotatable bonds is 8. The molecule has 2 N–H and O–H groups in total. The molecule has 1 unspecified atom stereocenters. The number of ether oxygens (including phenoxy) is 1. The van der Waals surface area contributed by atoms with Crippen LogP contribution in [0.3, 0.4) is 0 Å². The summed E-state index contributed by atoms with van der Waals surface area (Å²) >= 11 is 0. The predicted octanol–water partition coefficient (Wildman–Crippen LogP) is 3.62. The highest BCUT2D eigenvalue weighted by Crippen LogP contribution is 2.24. The molecule has 4 rings (SSSR count). The molecule has 1 aromatic carbocycles. The van der Waals surface area contributed by atoms with Crippen molar-refractivity contribution in [2.45, 2.75) is 38.4 Å².